The molecule has 3 N–H and O–H groups in total. The number of anilines is 1. The van der Waals surface area contributed by atoms with Crippen LogP contribution in [0.25, 0.3) is 22.6 Å². The number of pyridine rings is 1. The van der Waals surface area contributed by atoms with Crippen molar-refractivity contribution in [3.63, 3.8) is 0 Å². The monoisotopic (exact) mass is 600 g/mol. The molecule has 0 spiro atoms. The van der Waals surface area contributed by atoms with E-state index in [9.17, 15) is 9.90 Å². The van der Waals surface area contributed by atoms with E-state index in [4.69, 9.17) is 4.98 Å². The van der Waals surface area contributed by atoms with Crippen LogP contribution in [0.4, 0.5) is 10.2 Å². The minimum atomic E-state index is -1.11. The molecule has 9 heteroatoms. The average Bonchev–Trinajstić information content (AvgIpc) is 3.47. The Kier molecular flexibility index (Phi) is 7.85. The largest absolute Gasteiger partial charge is 0.481 e. The van der Waals surface area contributed by atoms with Crippen molar-refractivity contribution in [2.75, 3.05) is 5.32 Å². The molecule has 0 aliphatic carbocycles. The molecule has 0 bridgehead atoms. The van der Waals surface area contributed by atoms with E-state index in [-0.39, 0.29) is 17.7 Å². The van der Waals surface area contributed by atoms with Crippen molar-refractivity contribution in [3.05, 3.63) is 138 Å². The van der Waals surface area contributed by atoms with E-state index in [1.807, 2.05) is 112 Å². The van der Waals surface area contributed by atoms with Gasteiger partial charge in [0.05, 0.1) is 23.4 Å². The van der Waals surface area contributed by atoms with Gasteiger partial charge in [0.25, 0.3) is 0 Å². The third-order valence-electron chi connectivity index (χ3n) is 8.16. The zero-order valence-electron chi connectivity index (χ0n) is 25.2. The molecule has 3 heterocycles. The van der Waals surface area contributed by atoms with Gasteiger partial charge in [-0.1, -0.05) is 112 Å². The lowest BCUT2D eigenvalue weighted by Gasteiger charge is -2.37. The summed E-state index contributed by atoms with van der Waals surface area (Å²) in [6, 6.07) is 30.8. The van der Waals surface area contributed by atoms with Gasteiger partial charge in [-0.2, -0.15) is 5.10 Å². The molecule has 0 saturated carbocycles. The number of aromatic amines is 1. The van der Waals surface area contributed by atoms with E-state index in [1.54, 1.807) is 12.3 Å². The molecule has 0 fully saturated rings. The van der Waals surface area contributed by atoms with E-state index >= 15 is 4.39 Å². The number of rotatable bonds is 9. The van der Waals surface area contributed by atoms with Crippen molar-refractivity contribution in [1.82, 2.24) is 25.1 Å². The molecule has 0 amide bonds. The zero-order chi connectivity index (χ0) is 31.6. The summed E-state index contributed by atoms with van der Waals surface area (Å²) in [4.78, 5) is 25.3. The summed E-state index contributed by atoms with van der Waals surface area (Å²) in [5, 5.41) is 20.8. The lowest BCUT2D eigenvalue weighted by Crippen LogP contribution is -2.36. The standard InChI is InChI=1S/C36H33FN6O2/c1-35(2,3)27(21-29(44)45)40-28-19-20-38-34(41-28)32-30-31(26(37)22-39-33(30)43-42-32)36(23-13-7-4-8-14-23,24-15-9-5-10-16-24)25-17-11-6-12-18-25/h4-20,22,27H,21H2,1-3H3,(H,44,45)(H,38,40,41)(H,39,42,43)/t27-/m1/s1. The van der Waals surface area contributed by atoms with Crippen LogP contribution in [-0.4, -0.2) is 42.3 Å². The van der Waals surface area contributed by atoms with E-state index in [0.717, 1.165) is 16.7 Å². The van der Waals surface area contributed by atoms with Crippen LogP contribution < -0.4 is 5.32 Å². The van der Waals surface area contributed by atoms with Crippen LogP contribution in [0.1, 0.15) is 49.4 Å². The van der Waals surface area contributed by atoms with E-state index in [0.29, 0.717) is 28.1 Å². The number of carboxylic acid groups (broad SMARTS) is 1. The maximum Gasteiger partial charge on any atom is 0.305 e. The Morgan fingerprint density at radius 2 is 1.42 bits per heavy atom. The van der Waals surface area contributed by atoms with Crippen LogP contribution >= 0.6 is 0 Å². The molecule has 0 radical (unpaired) electrons. The van der Waals surface area contributed by atoms with Gasteiger partial charge in [-0.15, -0.1) is 0 Å². The van der Waals surface area contributed by atoms with Crippen LogP contribution in [0.15, 0.2) is 109 Å². The number of halogens is 1. The van der Waals surface area contributed by atoms with E-state index < -0.39 is 23.2 Å². The summed E-state index contributed by atoms with van der Waals surface area (Å²) in [5.41, 5.74) is 2.17. The molecule has 6 rings (SSSR count). The molecule has 0 saturated heterocycles. The Bertz CT molecular complexity index is 1840. The first-order valence-corrected chi connectivity index (χ1v) is 14.7. The second kappa shape index (κ2) is 11.9. The molecule has 3 aromatic carbocycles. The molecule has 0 aliphatic heterocycles. The molecule has 226 valence electrons. The van der Waals surface area contributed by atoms with Crippen molar-refractivity contribution in [1.29, 1.82) is 0 Å². The Labute approximate surface area is 260 Å². The number of nitrogens with zero attached hydrogens (tertiary/aromatic N) is 4. The third kappa shape index (κ3) is 5.53. The van der Waals surface area contributed by atoms with Gasteiger partial charge in [0.2, 0.25) is 0 Å². The number of benzene rings is 3. The van der Waals surface area contributed by atoms with Crippen LogP contribution in [0, 0.1) is 11.2 Å². The fourth-order valence-corrected chi connectivity index (χ4v) is 5.98. The first-order valence-electron chi connectivity index (χ1n) is 14.7. The van der Waals surface area contributed by atoms with Crippen LogP contribution in [0.5, 0.6) is 0 Å². The fraction of sp³-hybridized carbons (Fsp3) is 0.194. The number of carbonyl (C=O) groups is 1. The van der Waals surface area contributed by atoms with Crippen LogP contribution in [-0.2, 0) is 10.2 Å². The van der Waals surface area contributed by atoms with Gasteiger partial charge in [0.1, 0.15) is 17.3 Å². The van der Waals surface area contributed by atoms with Gasteiger partial charge in [0.15, 0.2) is 11.5 Å². The van der Waals surface area contributed by atoms with Gasteiger partial charge in [0, 0.05) is 17.8 Å². The smallest absolute Gasteiger partial charge is 0.305 e. The lowest BCUT2D eigenvalue weighted by atomic mass is 9.64. The molecular formula is C36H33FN6O2. The number of hydrogen-bond acceptors (Lipinski definition) is 6. The molecule has 8 nitrogen and oxygen atoms in total. The first kappa shape index (κ1) is 29.6. The van der Waals surface area contributed by atoms with E-state index in [2.05, 4.69) is 25.5 Å². The summed E-state index contributed by atoms with van der Waals surface area (Å²) in [6.07, 6.45) is 2.70. The molecule has 6 aromatic rings. The van der Waals surface area contributed by atoms with Gasteiger partial charge >= 0.3 is 5.97 Å². The van der Waals surface area contributed by atoms with Gasteiger partial charge in [-0.05, 0) is 28.2 Å². The summed E-state index contributed by atoms with van der Waals surface area (Å²) in [7, 11) is 0. The van der Waals surface area contributed by atoms with Crippen LogP contribution in [0.3, 0.4) is 0 Å². The van der Waals surface area contributed by atoms with Crippen molar-refractivity contribution >= 4 is 22.8 Å². The number of aromatic nitrogens is 5. The summed E-state index contributed by atoms with van der Waals surface area (Å²) >= 11 is 0. The Morgan fingerprint density at radius 1 is 0.867 bits per heavy atom. The van der Waals surface area contributed by atoms with Crippen LogP contribution in [0.2, 0.25) is 0 Å². The van der Waals surface area contributed by atoms with Crippen molar-refractivity contribution in [3.8, 4) is 11.5 Å². The minimum Gasteiger partial charge on any atom is -0.481 e. The van der Waals surface area contributed by atoms with Gasteiger partial charge in [-0.25, -0.2) is 19.3 Å². The SMILES string of the molecule is CC(C)(C)[C@@H](CC(=O)O)Nc1ccnc(-c2[nH]nc3ncc(F)c(C(c4ccccc4)(c4ccccc4)c4ccccc4)c23)n1. The second-order valence-electron chi connectivity index (χ2n) is 12.1. The number of fused-ring (bicyclic) bond motifs is 1. The second-order valence-corrected chi connectivity index (χ2v) is 12.1. The highest BCUT2D eigenvalue weighted by Crippen LogP contribution is 2.49. The number of nitrogens with one attached hydrogen (secondary N) is 2. The Morgan fingerprint density at radius 3 is 1.93 bits per heavy atom. The molecule has 45 heavy (non-hydrogen) atoms. The average molecular weight is 601 g/mol. The highest BCUT2D eigenvalue weighted by atomic mass is 19.1. The number of H-pyrrole nitrogens is 1. The molecule has 1 atom stereocenters. The predicted molar refractivity (Wildman–Crippen MR) is 172 cm³/mol. The van der Waals surface area contributed by atoms with Crippen molar-refractivity contribution in [2.45, 2.75) is 38.6 Å². The highest BCUT2D eigenvalue weighted by Gasteiger charge is 2.43. The summed E-state index contributed by atoms with van der Waals surface area (Å²) in [6.45, 7) is 5.90. The molecule has 0 unspecified atom stereocenters. The maximum absolute atomic E-state index is 16.7. The molecular weight excluding hydrogens is 567 g/mol. The van der Waals surface area contributed by atoms with E-state index in [1.165, 1.54) is 6.20 Å². The Hall–Kier alpha value is -5.44. The van der Waals surface area contributed by atoms with Gasteiger partial charge in [-0.3, -0.25) is 9.89 Å². The lowest BCUT2D eigenvalue weighted by molar-refractivity contribution is -0.137. The zero-order valence-corrected chi connectivity index (χ0v) is 25.2. The maximum atomic E-state index is 16.7. The minimum absolute atomic E-state index is 0.0944. The highest BCUT2D eigenvalue weighted by molar-refractivity contribution is 5.94. The fourth-order valence-electron chi connectivity index (χ4n) is 5.98. The Balaban J connectivity index is 1.64. The third-order valence-corrected chi connectivity index (χ3v) is 8.16. The van der Waals surface area contributed by atoms with Gasteiger partial charge < -0.3 is 10.4 Å². The molecule has 3 aromatic heterocycles. The molecule has 0 aliphatic rings. The quantitative estimate of drug-likeness (QED) is 0.150. The number of carboxylic acids is 1. The topological polar surface area (TPSA) is 117 Å². The first-order chi connectivity index (χ1) is 21.7. The number of hydrogen-bond donors (Lipinski definition) is 3. The predicted octanol–water partition coefficient (Wildman–Crippen LogP) is 7.24. The van der Waals surface area contributed by atoms with Crippen molar-refractivity contribution < 1.29 is 14.3 Å². The normalized spacial score (nSPS) is 12.6. The summed E-state index contributed by atoms with van der Waals surface area (Å²) < 4.78 is 16.7. The summed E-state index contributed by atoms with van der Waals surface area (Å²) in [5.74, 6) is -0.718. The van der Waals surface area contributed by atoms with Crippen molar-refractivity contribution in [2.24, 2.45) is 5.41 Å². The number of aliphatic carboxylic acids is 1.